The summed E-state index contributed by atoms with van der Waals surface area (Å²) < 4.78 is 12.6. The number of carbonyl (C=O) groups excluding carboxylic acids is 2. The number of ketones is 1. The zero-order chi connectivity index (χ0) is 22.5. The average Bonchev–Trinajstić information content (AvgIpc) is 3.22. The predicted molar refractivity (Wildman–Crippen MR) is 123 cm³/mol. The van der Waals surface area contributed by atoms with E-state index in [1.165, 1.54) is 0 Å². The third-order valence-corrected chi connectivity index (χ3v) is 5.21. The molecule has 0 saturated heterocycles. The van der Waals surface area contributed by atoms with Gasteiger partial charge in [0.15, 0.2) is 0 Å². The van der Waals surface area contributed by atoms with E-state index in [4.69, 9.17) is 9.47 Å². The number of para-hydroxylation sites is 1. The molecule has 162 valence electrons. The van der Waals surface area contributed by atoms with Gasteiger partial charge in [0, 0.05) is 29.4 Å². The Kier molecular flexibility index (Phi) is 6.22. The molecule has 2 aromatic carbocycles. The van der Waals surface area contributed by atoms with Crippen LogP contribution in [-0.2, 0) is 11.3 Å². The van der Waals surface area contributed by atoms with Crippen LogP contribution < -0.4 is 14.8 Å². The number of pyridine rings is 1. The summed E-state index contributed by atoms with van der Waals surface area (Å²) in [4.78, 5) is 26.1. The molecule has 32 heavy (non-hydrogen) atoms. The first kappa shape index (κ1) is 21.2. The molecular formula is C26H24N2O4. The third-order valence-electron chi connectivity index (χ3n) is 5.21. The van der Waals surface area contributed by atoms with Gasteiger partial charge >= 0.3 is 0 Å². The molecule has 6 heteroatoms. The number of aromatic nitrogens is 1. The first-order valence-corrected chi connectivity index (χ1v) is 10.4. The van der Waals surface area contributed by atoms with E-state index in [1.54, 1.807) is 17.7 Å². The van der Waals surface area contributed by atoms with Crippen molar-refractivity contribution in [3.8, 4) is 22.6 Å². The summed E-state index contributed by atoms with van der Waals surface area (Å²) in [5.74, 6) is 0.132. The quantitative estimate of drug-likeness (QED) is 0.331. The average molecular weight is 428 g/mol. The number of nitrogens with one attached hydrogen (secondary N) is 1. The SMILES string of the molecule is CCOc1ccc(-c2cc3ccccn3c2C(=O)C(=O)NCc2ccccc2OC)cc1. The van der Waals surface area contributed by atoms with Crippen LogP contribution >= 0.6 is 0 Å². The molecule has 0 unspecified atom stereocenters. The molecule has 1 N–H and O–H groups in total. The van der Waals surface area contributed by atoms with Gasteiger partial charge < -0.3 is 19.2 Å². The number of amides is 1. The van der Waals surface area contributed by atoms with Crippen LogP contribution in [0.15, 0.2) is 79.0 Å². The summed E-state index contributed by atoms with van der Waals surface area (Å²) in [6, 6.07) is 22.4. The van der Waals surface area contributed by atoms with Crippen LogP contribution in [0, 0.1) is 0 Å². The number of Topliss-reactive ketones (excluding diaryl/α,β-unsaturated/α-hetero) is 1. The van der Waals surface area contributed by atoms with Crippen LogP contribution in [0.5, 0.6) is 11.5 Å². The van der Waals surface area contributed by atoms with Gasteiger partial charge in [-0.2, -0.15) is 0 Å². The van der Waals surface area contributed by atoms with Crippen LogP contribution in [0.3, 0.4) is 0 Å². The Hall–Kier alpha value is -4.06. The minimum Gasteiger partial charge on any atom is -0.496 e. The molecule has 0 bridgehead atoms. The van der Waals surface area contributed by atoms with Gasteiger partial charge in [-0.05, 0) is 48.9 Å². The highest BCUT2D eigenvalue weighted by Crippen LogP contribution is 2.30. The smallest absolute Gasteiger partial charge is 0.294 e. The number of ether oxygens (including phenoxy) is 2. The fourth-order valence-corrected chi connectivity index (χ4v) is 3.69. The summed E-state index contributed by atoms with van der Waals surface area (Å²) in [6.45, 7) is 2.69. The van der Waals surface area contributed by atoms with E-state index in [-0.39, 0.29) is 6.54 Å². The van der Waals surface area contributed by atoms with E-state index >= 15 is 0 Å². The monoisotopic (exact) mass is 428 g/mol. The second-order valence-corrected chi connectivity index (χ2v) is 7.18. The molecule has 2 aromatic heterocycles. The van der Waals surface area contributed by atoms with Crippen molar-refractivity contribution in [2.24, 2.45) is 0 Å². The molecule has 6 nitrogen and oxygen atoms in total. The standard InChI is InChI=1S/C26H24N2O4/c1-3-32-21-13-11-18(12-14-21)22-16-20-9-6-7-15-28(20)24(22)25(29)26(30)27-17-19-8-4-5-10-23(19)31-2/h4-16H,3,17H2,1-2H3,(H,27,30). The maximum atomic E-state index is 13.3. The Balaban J connectivity index is 1.65. The Morgan fingerprint density at radius 3 is 2.47 bits per heavy atom. The molecule has 4 rings (SSSR count). The summed E-state index contributed by atoms with van der Waals surface area (Å²) in [7, 11) is 1.57. The third kappa shape index (κ3) is 4.21. The molecule has 2 heterocycles. The van der Waals surface area contributed by atoms with E-state index in [2.05, 4.69) is 5.32 Å². The van der Waals surface area contributed by atoms with E-state index in [1.807, 2.05) is 79.7 Å². The molecule has 0 atom stereocenters. The number of fused-ring (bicyclic) bond motifs is 1. The Bertz CT molecular complexity index is 1260. The van der Waals surface area contributed by atoms with E-state index in [0.717, 1.165) is 22.4 Å². The van der Waals surface area contributed by atoms with Gasteiger partial charge in [-0.25, -0.2) is 0 Å². The van der Waals surface area contributed by atoms with Crippen molar-refractivity contribution in [3.05, 3.63) is 90.3 Å². The van der Waals surface area contributed by atoms with Gasteiger partial charge in [-0.15, -0.1) is 0 Å². The van der Waals surface area contributed by atoms with Crippen molar-refractivity contribution in [2.75, 3.05) is 13.7 Å². The molecular weight excluding hydrogens is 404 g/mol. The van der Waals surface area contributed by atoms with E-state index in [9.17, 15) is 9.59 Å². The second kappa shape index (κ2) is 9.39. The normalized spacial score (nSPS) is 10.7. The highest BCUT2D eigenvalue weighted by molar-refractivity contribution is 6.43. The van der Waals surface area contributed by atoms with Crippen molar-refractivity contribution in [3.63, 3.8) is 0 Å². The first-order chi connectivity index (χ1) is 15.6. The van der Waals surface area contributed by atoms with E-state index < -0.39 is 11.7 Å². The maximum Gasteiger partial charge on any atom is 0.294 e. The Morgan fingerprint density at radius 1 is 0.969 bits per heavy atom. The van der Waals surface area contributed by atoms with Crippen molar-refractivity contribution >= 4 is 17.2 Å². The Morgan fingerprint density at radius 2 is 1.72 bits per heavy atom. The molecule has 0 saturated carbocycles. The molecule has 4 aromatic rings. The number of nitrogens with zero attached hydrogens (tertiary/aromatic N) is 1. The lowest BCUT2D eigenvalue weighted by molar-refractivity contribution is -0.117. The van der Waals surface area contributed by atoms with E-state index in [0.29, 0.717) is 23.6 Å². The fourth-order valence-electron chi connectivity index (χ4n) is 3.69. The first-order valence-electron chi connectivity index (χ1n) is 10.4. The van der Waals surface area contributed by atoms with Gasteiger partial charge in [0.1, 0.15) is 17.2 Å². The largest absolute Gasteiger partial charge is 0.496 e. The lowest BCUT2D eigenvalue weighted by atomic mass is 10.0. The summed E-state index contributed by atoms with van der Waals surface area (Å²) >= 11 is 0. The van der Waals surface area contributed by atoms with Crippen molar-refractivity contribution in [1.82, 2.24) is 9.72 Å². The van der Waals surface area contributed by atoms with Crippen LogP contribution in [0.25, 0.3) is 16.6 Å². The topological polar surface area (TPSA) is 69.0 Å². The minimum absolute atomic E-state index is 0.191. The van der Waals surface area contributed by atoms with Crippen LogP contribution in [0.1, 0.15) is 23.0 Å². The van der Waals surface area contributed by atoms with Gasteiger partial charge in [-0.1, -0.05) is 36.4 Å². The van der Waals surface area contributed by atoms with Crippen LogP contribution in [-0.4, -0.2) is 29.8 Å². The van der Waals surface area contributed by atoms with Crippen molar-refractivity contribution in [1.29, 1.82) is 0 Å². The number of carbonyl (C=O) groups is 2. The number of methoxy groups -OCH3 is 1. The fraction of sp³-hybridized carbons (Fsp3) is 0.154. The molecule has 0 aliphatic carbocycles. The number of benzene rings is 2. The molecule has 0 aliphatic heterocycles. The van der Waals surface area contributed by atoms with Gasteiger partial charge in [-0.3, -0.25) is 9.59 Å². The Labute approximate surface area is 186 Å². The minimum atomic E-state index is -0.674. The highest BCUT2D eigenvalue weighted by atomic mass is 16.5. The van der Waals surface area contributed by atoms with Crippen LogP contribution in [0.4, 0.5) is 0 Å². The molecule has 0 aliphatic rings. The zero-order valence-electron chi connectivity index (χ0n) is 18.0. The van der Waals surface area contributed by atoms with Gasteiger partial charge in [0.25, 0.3) is 11.7 Å². The van der Waals surface area contributed by atoms with Crippen LogP contribution in [0.2, 0.25) is 0 Å². The molecule has 0 fully saturated rings. The predicted octanol–water partition coefficient (Wildman–Crippen LogP) is 4.51. The van der Waals surface area contributed by atoms with Gasteiger partial charge in [0.05, 0.1) is 13.7 Å². The number of hydrogen-bond donors (Lipinski definition) is 1. The van der Waals surface area contributed by atoms with Crippen molar-refractivity contribution in [2.45, 2.75) is 13.5 Å². The highest BCUT2D eigenvalue weighted by Gasteiger charge is 2.24. The van der Waals surface area contributed by atoms with Gasteiger partial charge in [0.2, 0.25) is 0 Å². The number of hydrogen-bond acceptors (Lipinski definition) is 4. The summed E-state index contributed by atoms with van der Waals surface area (Å²) in [5, 5.41) is 2.73. The molecule has 0 spiro atoms. The number of rotatable bonds is 8. The second-order valence-electron chi connectivity index (χ2n) is 7.18. The maximum absolute atomic E-state index is 13.3. The zero-order valence-corrected chi connectivity index (χ0v) is 18.0. The lowest BCUT2D eigenvalue weighted by Gasteiger charge is -2.10. The summed E-state index contributed by atoms with van der Waals surface area (Å²) in [5.41, 5.74) is 3.47. The molecule has 0 radical (unpaired) electrons. The molecule has 1 amide bonds. The lowest BCUT2D eigenvalue weighted by Crippen LogP contribution is -2.31. The van der Waals surface area contributed by atoms with Crippen molar-refractivity contribution < 1.29 is 19.1 Å². The summed E-state index contributed by atoms with van der Waals surface area (Å²) in [6.07, 6.45) is 1.79.